The molecule has 0 aliphatic heterocycles. The molecule has 2 N–H and O–H groups in total. The molecule has 0 saturated carbocycles. The molecule has 2 rings (SSSR count). The summed E-state index contributed by atoms with van der Waals surface area (Å²) in [6.45, 7) is 4.93. The van der Waals surface area contributed by atoms with Crippen LogP contribution in [0.4, 0.5) is 0 Å². The van der Waals surface area contributed by atoms with E-state index in [0.717, 1.165) is 33.7 Å². The molecule has 4 heteroatoms. The molecule has 2 aromatic rings. The number of rotatable bonds is 5. The van der Waals surface area contributed by atoms with Gasteiger partial charge in [0.15, 0.2) is 0 Å². The maximum atomic E-state index is 6.33. The van der Waals surface area contributed by atoms with E-state index in [1.165, 1.54) is 4.88 Å². The number of benzene rings is 1. The Labute approximate surface area is 126 Å². The van der Waals surface area contributed by atoms with Crippen LogP contribution >= 0.6 is 27.3 Å². The lowest BCUT2D eigenvalue weighted by Crippen LogP contribution is -2.10. The number of aryl methyl sites for hydroxylation is 1. The minimum Gasteiger partial charge on any atom is -0.494 e. The molecule has 2 nitrogen and oxygen atoms in total. The number of hydrogen-bond donors (Lipinski definition) is 1. The lowest BCUT2D eigenvalue weighted by atomic mass is 10.1. The molecule has 102 valence electrons. The van der Waals surface area contributed by atoms with Crippen LogP contribution in [0.3, 0.4) is 0 Å². The van der Waals surface area contributed by atoms with Crippen LogP contribution < -0.4 is 10.5 Å². The Balaban J connectivity index is 2.20. The molecule has 0 saturated heterocycles. The molecule has 1 aromatic heterocycles. The number of thiophene rings is 1. The van der Waals surface area contributed by atoms with Crippen molar-refractivity contribution >= 4 is 27.3 Å². The van der Waals surface area contributed by atoms with Gasteiger partial charge in [0.25, 0.3) is 0 Å². The molecular formula is C15H18BrNOS. The standard InChI is InChI=1S/C15H18BrNOS/c1-3-7-18-12-6-4-5-11(8-12)15(17)14-9-13(16)10(2)19-14/h4-6,8-9,15H,3,7,17H2,1-2H3. The molecule has 1 atom stereocenters. The third-order valence-electron chi connectivity index (χ3n) is 2.87. The van der Waals surface area contributed by atoms with E-state index in [-0.39, 0.29) is 6.04 Å². The van der Waals surface area contributed by atoms with Crippen LogP contribution in [0, 0.1) is 6.92 Å². The zero-order valence-electron chi connectivity index (χ0n) is 11.2. The van der Waals surface area contributed by atoms with Crippen LogP contribution in [0.2, 0.25) is 0 Å². The molecule has 0 fully saturated rings. The van der Waals surface area contributed by atoms with E-state index in [0.29, 0.717) is 0 Å². The minimum absolute atomic E-state index is 0.0971. The Kier molecular flexibility index (Phi) is 5.02. The molecule has 0 bridgehead atoms. The minimum atomic E-state index is -0.0971. The van der Waals surface area contributed by atoms with Crippen LogP contribution in [0.25, 0.3) is 0 Å². The zero-order valence-corrected chi connectivity index (χ0v) is 13.6. The van der Waals surface area contributed by atoms with Gasteiger partial charge in [0, 0.05) is 14.2 Å². The SMILES string of the molecule is CCCOc1cccc(C(N)c2cc(Br)c(C)s2)c1. The van der Waals surface area contributed by atoms with Crippen molar-refractivity contribution < 1.29 is 4.74 Å². The van der Waals surface area contributed by atoms with E-state index < -0.39 is 0 Å². The summed E-state index contributed by atoms with van der Waals surface area (Å²) in [6.07, 6.45) is 1.01. The van der Waals surface area contributed by atoms with Crippen molar-refractivity contribution in [1.29, 1.82) is 0 Å². The molecule has 19 heavy (non-hydrogen) atoms. The molecule has 0 spiro atoms. The normalized spacial score (nSPS) is 12.4. The fourth-order valence-electron chi connectivity index (χ4n) is 1.82. The van der Waals surface area contributed by atoms with Crippen LogP contribution in [-0.2, 0) is 0 Å². The van der Waals surface area contributed by atoms with Gasteiger partial charge in [-0.15, -0.1) is 11.3 Å². The van der Waals surface area contributed by atoms with Crippen LogP contribution in [0.5, 0.6) is 5.75 Å². The maximum absolute atomic E-state index is 6.33. The maximum Gasteiger partial charge on any atom is 0.119 e. The first-order chi connectivity index (χ1) is 9.11. The summed E-state index contributed by atoms with van der Waals surface area (Å²) in [5, 5.41) is 0. The summed E-state index contributed by atoms with van der Waals surface area (Å²) in [6, 6.07) is 10.1. The van der Waals surface area contributed by atoms with Gasteiger partial charge in [-0.25, -0.2) is 0 Å². The van der Waals surface area contributed by atoms with Gasteiger partial charge in [0.1, 0.15) is 5.75 Å². The first kappa shape index (κ1) is 14.6. The second-order valence-electron chi connectivity index (χ2n) is 4.45. The second-order valence-corrected chi connectivity index (χ2v) is 6.59. The van der Waals surface area contributed by atoms with Crippen molar-refractivity contribution in [1.82, 2.24) is 0 Å². The Morgan fingerprint density at radius 1 is 1.37 bits per heavy atom. The highest BCUT2D eigenvalue weighted by molar-refractivity contribution is 9.10. The Morgan fingerprint density at radius 3 is 2.79 bits per heavy atom. The van der Waals surface area contributed by atoms with Gasteiger partial charge in [0.2, 0.25) is 0 Å². The Hall–Kier alpha value is -0.840. The number of hydrogen-bond acceptors (Lipinski definition) is 3. The summed E-state index contributed by atoms with van der Waals surface area (Å²) >= 11 is 5.26. The van der Waals surface area contributed by atoms with Crippen molar-refractivity contribution in [3.05, 3.63) is 50.1 Å². The molecule has 0 aliphatic rings. The van der Waals surface area contributed by atoms with Gasteiger partial charge in [-0.05, 0) is 53.0 Å². The van der Waals surface area contributed by atoms with Gasteiger partial charge in [0.05, 0.1) is 12.6 Å². The van der Waals surface area contributed by atoms with E-state index >= 15 is 0 Å². The third-order valence-corrected chi connectivity index (χ3v) is 5.09. The van der Waals surface area contributed by atoms with Crippen molar-refractivity contribution in [3.63, 3.8) is 0 Å². The Morgan fingerprint density at radius 2 is 2.16 bits per heavy atom. The van der Waals surface area contributed by atoms with Gasteiger partial charge in [-0.1, -0.05) is 19.1 Å². The predicted molar refractivity (Wildman–Crippen MR) is 85.0 cm³/mol. The van der Waals surface area contributed by atoms with Crippen LogP contribution in [0.15, 0.2) is 34.8 Å². The summed E-state index contributed by atoms with van der Waals surface area (Å²) in [4.78, 5) is 2.42. The lowest BCUT2D eigenvalue weighted by molar-refractivity contribution is 0.317. The quantitative estimate of drug-likeness (QED) is 0.859. The Bertz CT molecular complexity index is 533. The number of ether oxygens (including phenoxy) is 1. The summed E-state index contributed by atoms with van der Waals surface area (Å²) in [5.74, 6) is 0.891. The van der Waals surface area contributed by atoms with Gasteiger partial charge in [-0.3, -0.25) is 0 Å². The highest BCUT2D eigenvalue weighted by Gasteiger charge is 2.13. The fourth-order valence-corrected chi connectivity index (χ4v) is 3.41. The second kappa shape index (κ2) is 6.55. The van der Waals surface area contributed by atoms with Crippen LogP contribution in [0.1, 0.15) is 34.7 Å². The van der Waals surface area contributed by atoms with Gasteiger partial charge in [-0.2, -0.15) is 0 Å². The van der Waals surface area contributed by atoms with Crippen molar-refractivity contribution in [2.24, 2.45) is 5.73 Å². The molecule has 0 radical (unpaired) electrons. The largest absolute Gasteiger partial charge is 0.494 e. The molecule has 0 amide bonds. The summed E-state index contributed by atoms with van der Waals surface area (Å²) in [5.41, 5.74) is 7.42. The fraction of sp³-hybridized carbons (Fsp3) is 0.333. The molecule has 0 aliphatic carbocycles. The third kappa shape index (κ3) is 3.59. The van der Waals surface area contributed by atoms with Crippen molar-refractivity contribution in [3.8, 4) is 5.75 Å². The van der Waals surface area contributed by atoms with E-state index in [9.17, 15) is 0 Å². The van der Waals surface area contributed by atoms with Crippen molar-refractivity contribution in [2.75, 3.05) is 6.61 Å². The van der Waals surface area contributed by atoms with Crippen LogP contribution in [-0.4, -0.2) is 6.61 Å². The van der Waals surface area contributed by atoms with Crippen molar-refractivity contribution in [2.45, 2.75) is 26.3 Å². The average molecular weight is 340 g/mol. The van der Waals surface area contributed by atoms with E-state index in [2.05, 4.69) is 35.8 Å². The molecule has 1 unspecified atom stereocenters. The first-order valence-electron chi connectivity index (χ1n) is 6.36. The van der Waals surface area contributed by atoms with Gasteiger partial charge < -0.3 is 10.5 Å². The van der Waals surface area contributed by atoms with E-state index in [4.69, 9.17) is 10.5 Å². The zero-order chi connectivity index (χ0) is 13.8. The molecule has 1 aromatic carbocycles. The van der Waals surface area contributed by atoms with E-state index in [1.54, 1.807) is 11.3 Å². The first-order valence-corrected chi connectivity index (χ1v) is 7.97. The molecule has 1 heterocycles. The summed E-state index contributed by atoms with van der Waals surface area (Å²) in [7, 11) is 0. The van der Waals surface area contributed by atoms with E-state index in [1.807, 2.05) is 24.3 Å². The smallest absolute Gasteiger partial charge is 0.119 e. The predicted octanol–water partition coefficient (Wildman–Crippen LogP) is 4.66. The average Bonchev–Trinajstić information content (AvgIpc) is 2.76. The number of halogens is 1. The summed E-state index contributed by atoms with van der Waals surface area (Å²) < 4.78 is 6.78. The molecular weight excluding hydrogens is 322 g/mol. The topological polar surface area (TPSA) is 35.2 Å². The highest BCUT2D eigenvalue weighted by atomic mass is 79.9. The van der Waals surface area contributed by atoms with Gasteiger partial charge >= 0.3 is 0 Å². The lowest BCUT2D eigenvalue weighted by Gasteiger charge is -2.12. The number of nitrogens with two attached hydrogens (primary N) is 1. The monoisotopic (exact) mass is 339 g/mol. The highest BCUT2D eigenvalue weighted by Crippen LogP contribution is 2.33.